The zero-order valence-electron chi connectivity index (χ0n) is 6.13. The Morgan fingerprint density at radius 1 is 1.45 bits per heavy atom. The first-order valence-electron chi connectivity index (χ1n) is 3.24. The molecule has 0 saturated heterocycles. The molecule has 1 aromatic rings. The normalized spacial score (nSPS) is 10.1. The van der Waals surface area contributed by atoms with E-state index in [4.69, 9.17) is 10.2 Å². The topological polar surface area (TPSA) is 40.5 Å². The van der Waals surface area contributed by atoms with Gasteiger partial charge in [0.15, 0.2) is 0 Å². The molecule has 0 aliphatic rings. The summed E-state index contributed by atoms with van der Waals surface area (Å²) in [5, 5.41) is 17.6. The summed E-state index contributed by atoms with van der Waals surface area (Å²) in [6.45, 7) is 1.10. The fourth-order valence-electron chi connectivity index (χ4n) is 0.879. The average molecular weight is 156 g/mol. The molecule has 0 spiro atoms. The monoisotopic (exact) mass is 156 g/mol. The number of aryl methyl sites for hydroxylation is 1. The van der Waals surface area contributed by atoms with Crippen LogP contribution in [0.15, 0.2) is 12.1 Å². The molecule has 0 amide bonds. The standard InChI is InChI=1S/C8H9FO2/c1-5-2-3-7(11)6(4-10)8(5)9/h2-3,10-11H,4H2,1H3. The van der Waals surface area contributed by atoms with Crippen LogP contribution in [0.2, 0.25) is 0 Å². The van der Waals surface area contributed by atoms with E-state index in [9.17, 15) is 4.39 Å². The molecule has 1 aromatic carbocycles. The van der Waals surface area contributed by atoms with Crippen molar-refractivity contribution in [1.29, 1.82) is 0 Å². The van der Waals surface area contributed by atoms with Gasteiger partial charge in [0, 0.05) is 0 Å². The zero-order valence-corrected chi connectivity index (χ0v) is 6.13. The fourth-order valence-corrected chi connectivity index (χ4v) is 0.879. The molecule has 0 aromatic heterocycles. The van der Waals surface area contributed by atoms with E-state index >= 15 is 0 Å². The van der Waals surface area contributed by atoms with Crippen molar-refractivity contribution in [2.75, 3.05) is 0 Å². The second kappa shape index (κ2) is 2.88. The second-order valence-electron chi connectivity index (χ2n) is 2.35. The Hall–Kier alpha value is -1.09. The highest BCUT2D eigenvalue weighted by molar-refractivity contribution is 5.36. The predicted molar refractivity (Wildman–Crippen MR) is 38.7 cm³/mol. The number of hydrogen-bond acceptors (Lipinski definition) is 2. The van der Waals surface area contributed by atoms with Crippen molar-refractivity contribution in [2.45, 2.75) is 13.5 Å². The highest BCUT2D eigenvalue weighted by Crippen LogP contribution is 2.22. The minimum absolute atomic E-state index is 0.0370. The first kappa shape index (κ1) is 8.01. The SMILES string of the molecule is Cc1ccc(O)c(CO)c1F. The van der Waals surface area contributed by atoms with Crippen LogP contribution in [0.25, 0.3) is 0 Å². The van der Waals surface area contributed by atoms with Crippen molar-refractivity contribution in [3.63, 3.8) is 0 Å². The average Bonchev–Trinajstić information content (AvgIpc) is 1.99. The van der Waals surface area contributed by atoms with Gasteiger partial charge >= 0.3 is 0 Å². The molecule has 0 aliphatic heterocycles. The van der Waals surface area contributed by atoms with Gasteiger partial charge in [-0.15, -0.1) is 0 Å². The number of phenols is 1. The van der Waals surface area contributed by atoms with E-state index < -0.39 is 12.4 Å². The van der Waals surface area contributed by atoms with Gasteiger partial charge in [0.25, 0.3) is 0 Å². The lowest BCUT2D eigenvalue weighted by atomic mass is 10.1. The molecular weight excluding hydrogens is 147 g/mol. The Bertz CT molecular complexity index is 271. The van der Waals surface area contributed by atoms with E-state index in [-0.39, 0.29) is 11.3 Å². The van der Waals surface area contributed by atoms with Crippen molar-refractivity contribution in [3.05, 3.63) is 29.1 Å². The molecule has 11 heavy (non-hydrogen) atoms. The Balaban J connectivity index is 3.29. The second-order valence-corrected chi connectivity index (χ2v) is 2.35. The molecule has 0 heterocycles. The number of aliphatic hydroxyl groups excluding tert-OH is 1. The van der Waals surface area contributed by atoms with Crippen LogP contribution in [0.4, 0.5) is 4.39 Å². The van der Waals surface area contributed by atoms with E-state index in [0.717, 1.165) is 0 Å². The minimum atomic E-state index is -0.535. The lowest BCUT2D eigenvalue weighted by Gasteiger charge is -2.03. The van der Waals surface area contributed by atoms with Gasteiger partial charge in [-0.3, -0.25) is 0 Å². The molecule has 0 atom stereocenters. The van der Waals surface area contributed by atoms with E-state index in [2.05, 4.69) is 0 Å². The van der Waals surface area contributed by atoms with Crippen LogP contribution in [0, 0.1) is 12.7 Å². The predicted octanol–water partition coefficient (Wildman–Crippen LogP) is 1.33. The van der Waals surface area contributed by atoms with Crippen molar-refractivity contribution >= 4 is 0 Å². The molecule has 0 saturated carbocycles. The Morgan fingerprint density at radius 2 is 2.09 bits per heavy atom. The quantitative estimate of drug-likeness (QED) is 0.644. The third kappa shape index (κ3) is 1.33. The molecule has 0 unspecified atom stereocenters. The molecule has 0 bridgehead atoms. The van der Waals surface area contributed by atoms with E-state index in [1.54, 1.807) is 6.92 Å². The first-order valence-corrected chi connectivity index (χ1v) is 3.24. The van der Waals surface area contributed by atoms with Crippen LogP contribution in [-0.2, 0) is 6.61 Å². The lowest BCUT2D eigenvalue weighted by Crippen LogP contribution is -1.93. The molecule has 0 fully saturated rings. The van der Waals surface area contributed by atoms with Gasteiger partial charge in [-0.2, -0.15) is 0 Å². The van der Waals surface area contributed by atoms with Crippen LogP contribution in [0.5, 0.6) is 5.75 Å². The van der Waals surface area contributed by atoms with Crippen molar-refractivity contribution in [3.8, 4) is 5.75 Å². The number of aromatic hydroxyl groups is 1. The van der Waals surface area contributed by atoms with Gasteiger partial charge in [0.1, 0.15) is 11.6 Å². The van der Waals surface area contributed by atoms with Gasteiger partial charge in [-0.25, -0.2) is 4.39 Å². The van der Waals surface area contributed by atoms with Crippen molar-refractivity contribution in [2.24, 2.45) is 0 Å². The molecule has 0 radical (unpaired) electrons. The minimum Gasteiger partial charge on any atom is -0.507 e. The van der Waals surface area contributed by atoms with Gasteiger partial charge in [-0.05, 0) is 18.6 Å². The maximum absolute atomic E-state index is 12.9. The van der Waals surface area contributed by atoms with Gasteiger partial charge in [0.05, 0.1) is 12.2 Å². The molecule has 3 heteroatoms. The maximum Gasteiger partial charge on any atom is 0.135 e. The lowest BCUT2D eigenvalue weighted by molar-refractivity contribution is 0.268. The van der Waals surface area contributed by atoms with Crippen molar-refractivity contribution in [1.82, 2.24) is 0 Å². The summed E-state index contributed by atoms with van der Waals surface area (Å²) in [7, 11) is 0. The third-order valence-corrected chi connectivity index (χ3v) is 1.57. The van der Waals surface area contributed by atoms with Crippen LogP contribution in [-0.4, -0.2) is 10.2 Å². The van der Waals surface area contributed by atoms with Crippen LogP contribution in [0.1, 0.15) is 11.1 Å². The highest BCUT2D eigenvalue weighted by Gasteiger charge is 2.08. The summed E-state index contributed by atoms with van der Waals surface area (Å²) < 4.78 is 12.9. The van der Waals surface area contributed by atoms with Crippen molar-refractivity contribution < 1.29 is 14.6 Å². The summed E-state index contributed by atoms with van der Waals surface area (Å²) >= 11 is 0. The summed E-state index contributed by atoms with van der Waals surface area (Å²) in [5.41, 5.74) is 0.386. The van der Waals surface area contributed by atoms with E-state index in [1.807, 2.05) is 0 Å². The van der Waals surface area contributed by atoms with Crippen LogP contribution in [0.3, 0.4) is 0 Å². The van der Waals surface area contributed by atoms with Gasteiger partial charge in [-0.1, -0.05) is 6.07 Å². The smallest absolute Gasteiger partial charge is 0.135 e. The Labute approximate surface area is 63.9 Å². The largest absolute Gasteiger partial charge is 0.507 e. The van der Waals surface area contributed by atoms with Gasteiger partial charge < -0.3 is 10.2 Å². The first-order chi connectivity index (χ1) is 5.16. The van der Waals surface area contributed by atoms with E-state index in [1.165, 1.54) is 12.1 Å². The zero-order chi connectivity index (χ0) is 8.43. The van der Waals surface area contributed by atoms with Gasteiger partial charge in [0.2, 0.25) is 0 Å². The Morgan fingerprint density at radius 3 is 2.55 bits per heavy atom. The number of hydrogen-bond donors (Lipinski definition) is 2. The molecule has 0 aliphatic carbocycles. The number of halogens is 1. The third-order valence-electron chi connectivity index (χ3n) is 1.57. The number of aliphatic hydroxyl groups is 1. The summed E-state index contributed by atoms with van der Waals surface area (Å²) in [4.78, 5) is 0. The summed E-state index contributed by atoms with van der Waals surface area (Å²) in [6.07, 6.45) is 0. The molecule has 1 rings (SSSR count). The Kier molecular flexibility index (Phi) is 2.10. The van der Waals surface area contributed by atoms with Crippen LogP contribution < -0.4 is 0 Å². The van der Waals surface area contributed by atoms with Crippen LogP contribution >= 0.6 is 0 Å². The summed E-state index contributed by atoms with van der Waals surface area (Å²) in [6, 6.07) is 2.83. The van der Waals surface area contributed by atoms with E-state index in [0.29, 0.717) is 5.56 Å². The molecular formula is C8H9FO2. The molecule has 2 nitrogen and oxygen atoms in total. The highest BCUT2D eigenvalue weighted by atomic mass is 19.1. The molecule has 2 N–H and O–H groups in total. The summed E-state index contributed by atoms with van der Waals surface area (Å²) in [5.74, 6) is -0.733. The fraction of sp³-hybridized carbons (Fsp3) is 0.250. The molecule has 60 valence electrons. The number of rotatable bonds is 1. The maximum atomic E-state index is 12.9. The number of benzene rings is 1.